The number of hydrogen-bond donors (Lipinski definition) is 0. The molecule has 1 heterocycles. The van der Waals surface area contributed by atoms with Gasteiger partial charge >= 0.3 is 0 Å². The lowest BCUT2D eigenvalue weighted by Gasteiger charge is -1.93. The average molecular weight is 128 g/mol. The Hall–Kier alpha value is -1.30. The molecule has 46 valence electrons. The first-order valence-corrected chi connectivity index (χ1v) is 2.91. The van der Waals surface area contributed by atoms with Gasteiger partial charge in [-0.3, -0.25) is 4.98 Å². The van der Waals surface area contributed by atoms with E-state index in [1.54, 1.807) is 18.2 Å². The van der Waals surface area contributed by atoms with Crippen LogP contribution in [0, 0.1) is 11.3 Å². The molecule has 0 aliphatic carbocycles. The van der Waals surface area contributed by atoms with Crippen molar-refractivity contribution in [1.82, 2.24) is 4.98 Å². The van der Waals surface area contributed by atoms with E-state index in [9.17, 15) is 0 Å². The highest BCUT2D eigenvalue weighted by atomic mass is 14.7. The molecule has 0 bridgehead atoms. The lowest BCUT2D eigenvalue weighted by molar-refractivity contribution is 1.14. The van der Waals surface area contributed by atoms with Crippen molar-refractivity contribution >= 4 is 13.4 Å². The minimum absolute atomic E-state index is 0.324. The minimum Gasteiger partial charge on any atom is -0.268 e. The molecule has 0 saturated carbocycles. The molecular formula is C7H5BN2. The van der Waals surface area contributed by atoms with Gasteiger partial charge in [-0.25, -0.2) is 0 Å². The lowest BCUT2D eigenvalue weighted by Crippen LogP contribution is -2.08. The van der Waals surface area contributed by atoms with Crippen molar-refractivity contribution in [3.05, 3.63) is 23.9 Å². The van der Waals surface area contributed by atoms with Gasteiger partial charge in [0.25, 0.3) is 0 Å². The highest BCUT2D eigenvalue weighted by molar-refractivity contribution is 6.30. The Bertz CT molecular complexity index is 265. The van der Waals surface area contributed by atoms with E-state index in [0.29, 0.717) is 12.0 Å². The topological polar surface area (TPSA) is 36.7 Å². The summed E-state index contributed by atoms with van der Waals surface area (Å²) in [6.45, 7) is 0. The standard InChI is InChI=1S/C7H5BN2/c8-7-3-1-2-6(10-7)4-5-9/h1-3H,4H2. The van der Waals surface area contributed by atoms with Gasteiger partial charge in [-0.05, 0) is 11.7 Å². The van der Waals surface area contributed by atoms with Crippen molar-refractivity contribution in [2.75, 3.05) is 0 Å². The number of rotatable bonds is 1. The van der Waals surface area contributed by atoms with Gasteiger partial charge in [-0.15, -0.1) is 0 Å². The monoisotopic (exact) mass is 128 g/mol. The average Bonchev–Trinajstić information content (AvgIpc) is 1.88. The predicted octanol–water partition coefficient (Wildman–Crippen LogP) is -0.0585. The molecule has 2 radical (unpaired) electrons. The minimum atomic E-state index is 0.324. The Kier molecular flexibility index (Phi) is 2.06. The van der Waals surface area contributed by atoms with Gasteiger partial charge < -0.3 is 0 Å². The maximum Gasteiger partial charge on any atom is 0.141 e. The molecule has 0 aromatic carbocycles. The van der Waals surface area contributed by atoms with Crippen LogP contribution in [0.1, 0.15) is 5.69 Å². The van der Waals surface area contributed by atoms with Crippen LogP contribution in [0.4, 0.5) is 0 Å². The summed E-state index contributed by atoms with van der Waals surface area (Å²) in [7, 11) is 5.37. The molecule has 0 N–H and O–H groups in total. The molecule has 0 fully saturated rings. The highest BCUT2D eigenvalue weighted by Crippen LogP contribution is 1.90. The van der Waals surface area contributed by atoms with Crippen molar-refractivity contribution in [1.29, 1.82) is 5.26 Å². The number of hydrogen-bond acceptors (Lipinski definition) is 2. The van der Waals surface area contributed by atoms with E-state index in [2.05, 4.69) is 4.98 Å². The Morgan fingerprint density at radius 3 is 3.00 bits per heavy atom. The molecule has 0 aliphatic rings. The number of pyridine rings is 1. The Labute approximate surface area is 60.9 Å². The zero-order valence-electron chi connectivity index (χ0n) is 5.41. The van der Waals surface area contributed by atoms with Gasteiger partial charge in [0, 0.05) is 0 Å². The van der Waals surface area contributed by atoms with Gasteiger partial charge in [-0.1, -0.05) is 12.1 Å². The van der Waals surface area contributed by atoms with E-state index in [4.69, 9.17) is 13.1 Å². The summed E-state index contributed by atoms with van der Waals surface area (Å²) in [4.78, 5) is 3.92. The van der Waals surface area contributed by atoms with Crippen LogP contribution in [0.3, 0.4) is 0 Å². The summed E-state index contributed by atoms with van der Waals surface area (Å²) in [6, 6.07) is 7.25. The quantitative estimate of drug-likeness (QED) is 0.496. The second-order valence-electron chi connectivity index (χ2n) is 1.89. The molecule has 0 atom stereocenters. The maximum absolute atomic E-state index is 8.28. The van der Waals surface area contributed by atoms with Crippen LogP contribution >= 0.6 is 0 Å². The van der Waals surface area contributed by atoms with Crippen molar-refractivity contribution < 1.29 is 0 Å². The maximum atomic E-state index is 8.28. The van der Waals surface area contributed by atoms with Crippen LogP contribution in [0.15, 0.2) is 18.2 Å². The molecule has 0 amide bonds. The third kappa shape index (κ3) is 1.59. The smallest absolute Gasteiger partial charge is 0.141 e. The Morgan fingerprint density at radius 2 is 2.40 bits per heavy atom. The molecule has 1 aromatic heterocycles. The molecular weight excluding hydrogens is 123 g/mol. The van der Waals surface area contributed by atoms with Crippen LogP contribution in [0.25, 0.3) is 0 Å². The van der Waals surface area contributed by atoms with Crippen molar-refractivity contribution in [3.8, 4) is 6.07 Å². The largest absolute Gasteiger partial charge is 0.268 e. The zero-order valence-corrected chi connectivity index (χ0v) is 5.41. The number of nitriles is 1. The van der Waals surface area contributed by atoms with Crippen molar-refractivity contribution in [2.24, 2.45) is 0 Å². The molecule has 0 spiro atoms. The second-order valence-corrected chi connectivity index (χ2v) is 1.89. The first kappa shape index (κ1) is 6.82. The highest BCUT2D eigenvalue weighted by Gasteiger charge is 1.90. The molecule has 1 aromatic rings. The van der Waals surface area contributed by atoms with Crippen molar-refractivity contribution in [3.63, 3.8) is 0 Å². The van der Waals surface area contributed by atoms with Gasteiger partial charge in [0.15, 0.2) is 0 Å². The summed E-state index contributed by atoms with van der Waals surface area (Å²) in [5.41, 5.74) is 1.19. The summed E-state index contributed by atoms with van der Waals surface area (Å²) < 4.78 is 0. The van der Waals surface area contributed by atoms with Crippen LogP contribution < -0.4 is 5.59 Å². The fraction of sp³-hybridized carbons (Fsp3) is 0.143. The fourth-order valence-corrected chi connectivity index (χ4v) is 0.678. The van der Waals surface area contributed by atoms with Crippen LogP contribution in [0.2, 0.25) is 0 Å². The SMILES string of the molecule is [B]c1cccc(CC#N)n1. The Morgan fingerprint density at radius 1 is 1.60 bits per heavy atom. The molecule has 3 heteroatoms. The van der Waals surface area contributed by atoms with Crippen LogP contribution in [0.5, 0.6) is 0 Å². The molecule has 10 heavy (non-hydrogen) atoms. The fourth-order valence-electron chi connectivity index (χ4n) is 0.678. The molecule has 0 saturated heterocycles. The summed E-state index contributed by atoms with van der Waals surface area (Å²) >= 11 is 0. The zero-order chi connectivity index (χ0) is 7.40. The molecule has 1 rings (SSSR count). The third-order valence-corrected chi connectivity index (χ3v) is 1.09. The van der Waals surface area contributed by atoms with Gasteiger partial charge in [0.05, 0.1) is 18.2 Å². The van der Waals surface area contributed by atoms with Crippen LogP contribution in [-0.2, 0) is 6.42 Å². The molecule has 2 nitrogen and oxygen atoms in total. The first-order valence-electron chi connectivity index (χ1n) is 2.91. The first-order chi connectivity index (χ1) is 4.83. The number of aromatic nitrogens is 1. The molecule has 0 aliphatic heterocycles. The van der Waals surface area contributed by atoms with E-state index in [-0.39, 0.29) is 0 Å². The third-order valence-electron chi connectivity index (χ3n) is 1.09. The van der Waals surface area contributed by atoms with E-state index < -0.39 is 0 Å². The predicted molar refractivity (Wildman–Crippen MR) is 38.9 cm³/mol. The van der Waals surface area contributed by atoms with E-state index in [1.807, 2.05) is 6.07 Å². The number of nitrogens with zero attached hydrogens (tertiary/aromatic N) is 2. The normalized spacial score (nSPS) is 8.70. The van der Waals surface area contributed by atoms with Gasteiger partial charge in [0.1, 0.15) is 7.85 Å². The van der Waals surface area contributed by atoms with Gasteiger partial charge in [-0.2, -0.15) is 5.26 Å². The summed E-state index contributed by atoms with van der Waals surface area (Å²) in [5.74, 6) is 0. The van der Waals surface area contributed by atoms with E-state index in [1.165, 1.54) is 0 Å². The summed E-state index contributed by atoms with van der Waals surface area (Å²) in [6.07, 6.45) is 0.324. The summed E-state index contributed by atoms with van der Waals surface area (Å²) in [5, 5.41) is 8.28. The Balaban J connectivity index is 2.87. The molecule has 0 unspecified atom stereocenters. The van der Waals surface area contributed by atoms with E-state index in [0.717, 1.165) is 5.69 Å². The van der Waals surface area contributed by atoms with E-state index >= 15 is 0 Å². The van der Waals surface area contributed by atoms with Gasteiger partial charge in [0.2, 0.25) is 0 Å². The van der Waals surface area contributed by atoms with Crippen LogP contribution in [-0.4, -0.2) is 12.8 Å². The second kappa shape index (κ2) is 3.02. The van der Waals surface area contributed by atoms with Crippen molar-refractivity contribution in [2.45, 2.75) is 6.42 Å². The lowest BCUT2D eigenvalue weighted by atomic mass is 10.0.